The Hall–Kier alpha value is -1.30. The molecule has 0 atom stereocenters. The molecule has 0 amide bonds. The number of hydrogen-bond donors (Lipinski definition) is 1. The SMILES string of the molecule is CNCC=Cc1ccc(Cl)cc1C#N. The van der Waals surface area contributed by atoms with Crippen molar-refractivity contribution < 1.29 is 0 Å². The van der Waals surface area contributed by atoms with E-state index < -0.39 is 0 Å². The van der Waals surface area contributed by atoms with Gasteiger partial charge in [0.1, 0.15) is 0 Å². The maximum absolute atomic E-state index is 8.84. The van der Waals surface area contributed by atoms with Crippen LogP contribution in [0, 0.1) is 11.3 Å². The van der Waals surface area contributed by atoms with Crippen molar-refractivity contribution in [1.82, 2.24) is 5.32 Å². The fraction of sp³-hybridized carbons (Fsp3) is 0.182. The highest BCUT2D eigenvalue weighted by atomic mass is 35.5. The van der Waals surface area contributed by atoms with Crippen LogP contribution < -0.4 is 5.32 Å². The average molecular weight is 207 g/mol. The number of likely N-dealkylation sites (N-methyl/N-ethyl adjacent to an activating group) is 1. The highest BCUT2D eigenvalue weighted by Crippen LogP contribution is 2.16. The number of nitriles is 1. The second-order valence-electron chi connectivity index (χ2n) is 2.80. The van der Waals surface area contributed by atoms with E-state index in [-0.39, 0.29) is 0 Å². The lowest BCUT2D eigenvalue weighted by atomic mass is 10.1. The highest BCUT2D eigenvalue weighted by molar-refractivity contribution is 6.30. The molecule has 0 saturated heterocycles. The zero-order chi connectivity index (χ0) is 10.4. The van der Waals surface area contributed by atoms with Crippen molar-refractivity contribution in [3.8, 4) is 6.07 Å². The second kappa shape index (κ2) is 5.43. The molecule has 0 fully saturated rings. The maximum atomic E-state index is 8.84. The molecule has 14 heavy (non-hydrogen) atoms. The Morgan fingerprint density at radius 1 is 1.57 bits per heavy atom. The number of nitrogens with zero attached hydrogens (tertiary/aromatic N) is 1. The Bertz CT molecular complexity index is 377. The van der Waals surface area contributed by atoms with Crippen molar-refractivity contribution in [2.24, 2.45) is 0 Å². The van der Waals surface area contributed by atoms with Crippen LogP contribution in [0.5, 0.6) is 0 Å². The van der Waals surface area contributed by atoms with E-state index in [1.165, 1.54) is 0 Å². The van der Waals surface area contributed by atoms with Gasteiger partial charge >= 0.3 is 0 Å². The van der Waals surface area contributed by atoms with Gasteiger partial charge in [-0.05, 0) is 24.7 Å². The molecule has 72 valence electrons. The molecule has 0 bridgehead atoms. The van der Waals surface area contributed by atoms with Gasteiger partial charge in [0.25, 0.3) is 0 Å². The summed E-state index contributed by atoms with van der Waals surface area (Å²) in [6.07, 6.45) is 3.87. The van der Waals surface area contributed by atoms with Crippen LogP contribution in [0.15, 0.2) is 24.3 Å². The predicted molar refractivity (Wildman–Crippen MR) is 59.1 cm³/mol. The molecule has 1 aromatic carbocycles. The van der Waals surface area contributed by atoms with Crippen molar-refractivity contribution in [3.05, 3.63) is 40.4 Å². The normalized spacial score (nSPS) is 10.4. The van der Waals surface area contributed by atoms with Crippen LogP contribution in [-0.2, 0) is 0 Å². The van der Waals surface area contributed by atoms with E-state index in [4.69, 9.17) is 16.9 Å². The van der Waals surface area contributed by atoms with Gasteiger partial charge in [-0.2, -0.15) is 5.26 Å². The first-order valence-electron chi connectivity index (χ1n) is 4.28. The van der Waals surface area contributed by atoms with E-state index in [2.05, 4.69) is 11.4 Å². The fourth-order valence-corrected chi connectivity index (χ4v) is 1.25. The monoisotopic (exact) mass is 206 g/mol. The van der Waals surface area contributed by atoms with E-state index in [1.54, 1.807) is 12.1 Å². The van der Waals surface area contributed by atoms with Crippen molar-refractivity contribution >= 4 is 17.7 Å². The van der Waals surface area contributed by atoms with E-state index in [1.807, 2.05) is 25.3 Å². The van der Waals surface area contributed by atoms with Crippen molar-refractivity contribution in [1.29, 1.82) is 5.26 Å². The third kappa shape index (κ3) is 2.88. The third-order valence-corrected chi connectivity index (χ3v) is 1.99. The number of nitrogens with one attached hydrogen (secondary N) is 1. The first-order chi connectivity index (χ1) is 6.77. The lowest BCUT2D eigenvalue weighted by Crippen LogP contribution is -2.03. The van der Waals surface area contributed by atoms with Crippen molar-refractivity contribution in [2.75, 3.05) is 13.6 Å². The van der Waals surface area contributed by atoms with Gasteiger partial charge in [0.05, 0.1) is 11.6 Å². The first kappa shape index (κ1) is 10.8. The van der Waals surface area contributed by atoms with Crippen LogP contribution in [0.1, 0.15) is 11.1 Å². The summed E-state index contributed by atoms with van der Waals surface area (Å²) < 4.78 is 0. The zero-order valence-electron chi connectivity index (χ0n) is 7.92. The lowest BCUT2D eigenvalue weighted by Gasteiger charge is -1.98. The Kier molecular flexibility index (Phi) is 4.18. The quantitative estimate of drug-likeness (QED) is 0.825. The first-order valence-corrected chi connectivity index (χ1v) is 4.66. The van der Waals surface area contributed by atoms with Gasteiger partial charge in [-0.25, -0.2) is 0 Å². The molecular weight excluding hydrogens is 196 g/mol. The number of halogens is 1. The summed E-state index contributed by atoms with van der Waals surface area (Å²) in [7, 11) is 1.87. The molecule has 0 aliphatic rings. The van der Waals surface area contributed by atoms with Gasteiger partial charge in [-0.3, -0.25) is 0 Å². The average Bonchev–Trinajstić information content (AvgIpc) is 2.20. The molecule has 1 aromatic rings. The Morgan fingerprint density at radius 2 is 2.36 bits per heavy atom. The van der Waals surface area contributed by atoms with Crippen molar-refractivity contribution in [3.63, 3.8) is 0 Å². The zero-order valence-corrected chi connectivity index (χ0v) is 8.67. The molecule has 0 spiro atoms. The summed E-state index contributed by atoms with van der Waals surface area (Å²) in [5, 5.41) is 12.4. The van der Waals surface area contributed by atoms with Gasteiger partial charge in [-0.1, -0.05) is 29.8 Å². The van der Waals surface area contributed by atoms with E-state index in [0.717, 1.165) is 12.1 Å². The van der Waals surface area contributed by atoms with Gasteiger partial charge in [0.2, 0.25) is 0 Å². The van der Waals surface area contributed by atoms with E-state index in [0.29, 0.717) is 10.6 Å². The Labute approximate surface area is 88.8 Å². The minimum atomic E-state index is 0.590. The Balaban J connectivity index is 2.92. The molecule has 0 unspecified atom stereocenters. The second-order valence-corrected chi connectivity index (χ2v) is 3.24. The standard InChI is InChI=1S/C11H11ClN2/c1-14-6-2-3-9-4-5-11(12)7-10(9)8-13/h2-5,7,14H,6H2,1H3. The van der Waals surface area contributed by atoms with Gasteiger partial charge < -0.3 is 5.32 Å². The summed E-state index contributed by atoms with van der Waals surface area (Å²) in [4.78, 5) is 0. The molecule has 1 rings (SSSR count). The molecule has 0 aromatic heterocycles. The molecule has 1 N–H and O–H groups in total. The van der Waals surface area contributed by atoms with Crippen LogP contribution in [0.2, 0.25) is 5.02 Å². The number of rotatable bonds is 3. The predicted octanol–water partition coefficient (Wildman–Crippen LogP) is 2.44. The molecule has 0 heterocycles. The topological polar surface area (TPSA) is 35.8 Å². The molecule has 2 nitrogen and oxygen atoms in total. The minimum Gasteiger partial charge on any atom is -0.316 e. The third-order valence-electron chi connectivity index (χ3n) is 1.76. The van der Waals surface area contributed by atoms with E-state index >= 15 is 0 Å². The smallest absolute Gasteiger partial charge is 0.0998 e. The molecule has 0 saturated carbocycles. The summed E-state index contributed by atoms with van der Waals surface area (Å²) in [6.45, 7) is 0.785. The summed E-state index contributed by atoms with van der Waals surface area (Å²) >= 11 is 5.77. The largest absolute Gasteiger partial charge is 0.316 e. The molecule has 0 radical (unpaired) electrons. The van der Waals surface area contributed by atoms with Crippen LogP contribution in [0.25, 0.3) is 6.08 Å². The minimum absolute atomic E-state index is 0.590. The van der Waals surface area contributed by atoms with Gasteiger partial charge in [0, 0.05) is 11.6 Å². The number of hydrogen-bond acceptors (Lipinski definition) is 2. The maximum Gasteiger partial charge on any atom is 0.0998 e. The molecule has 3 heteroatoms. The molecule has 0 aliphatic heterocycles. The van der Waals surface area contributed by atoms with Crippen LogP contribution in [0.3, 0.4) is 0 Å². The van der Waals surface area contributed by atoms with Crippen molar-refractivity contribution in [2.45, 2.75) is 0 Å². The molecular formula is C11H11ClN2. The van der Waals surface area contributed by atoms with Crippen LogP contribution in [0.4, 0.5) is 0 Å². The number of benzene rings is 1. The van der Waals surface area contributed by atoms with Crippen LogP contribution in [-0.4, -0.2) is 13.6 Å². The molecule has 0 aliphatic carbocycles. The summed E-state index contributed by atoms with van der Waals surface area (Å²) in [5.74, 6) is 0. The van der Waals surface area contributed by atoms with Crippen LogP contribution >= 0.6 is 11.6 Å². The highest BCUT2D eigenvalue weighted by Gasteiger charge is 1.98. The lowest BCUT2D eigenvalue weighted by molar-refractivity contribution is 0.922. The van der Waals surface area contributed by atoms with Gasteiger partial charge in [-0.15, -0.1) is 0 Å². The summed E-state index contributed by atoms with van der Waals surface area (Å²) in [5.41, 5.74) is 1.50. The fourth-order valence-electron chi connectivity index (χ4n) is 1.07. The van der Waals surface area contributed by atoms with Gasteiger partial charge in [0.15, 0.2) is 0 Å². The Morgan fingerprint density at radius 3 is 3.00 bits per heavy atom. The van der Waals surface area contributed by atoms with E-state index in [9.17, 15) is 0 Å². The summed E-state index contributed by atoms with van der Waals surface area (Å²) in [6, 6.07) is 7.39.